The average Bonchev–Trinajstić information content (AvgIpc) is 2.97. The molecule has 31 heavy (non-hydrogen) atoms. The van der Waals surface area contributed by atoms with Gasteiger partial charge in [0, 0.05) is 26.1 Å². The van der Waals surface area contributed by atoms with E-state index in [4.69, 9.17) is 4.74 Å². The summed E-state index contributed by atoms with van der Waals surface area (Å²) in [5, 5.41) is 6.14. The number of imide groups is 1. The standard InChI is InChI=1S/C23H31N3O4.ClH/c1-16(2)30-20-11-6-5-10-19(20)24-13-14-25-21(27)12-7-15-26-22(28)17-8-3-4-9-18(17)23(26)29;/h3-6,10-11,16-18,24H,7-9,12-15H2,1-2H3,(H,25,27);1H. The van der Waals surface area contributed by atoms with E-state index in [-0.39, 0.29) is 54.5 Å². The number of amides is 3. The molecule has 0 spiro atoms. The topological polar surface area (TPSA) is 87.7 Å². The van der Waals surface area contributed by atoms with E-state index in [1.54, 1.807) is 0 Å². The Morgan fingerprint density at radius 2 is 1.74 bits per heavy atom. The fraction of sp³-hybridized carbons (Fsp3) is 0.522. The van der Waals surface area contributed by atoms with Crippen LogP contribution in [-0.2, 0) is 14.4 Å². The Hall–Kier alpha value is -2.54. The van der Waals surface area contributed by atoms with E-state index in [1.165, 1.54) is 4.90 Å². The minimum absolute atomic E-state index is 0. The number of para-hydroxylation sites is 2. The van der Waals surface area contributed by atoms with Crippen LogP contribution in [0.4, 0.5) is 5.69 Å². The zero-order valence-electron chi connectivity index (χ0n) is 18.1. The molecule has 0 bridgehead atoms. The smallest absolute Gasteiger partial charge is 0.233 e. The van der Waals surface area contributed by atoms with Crippen LogP contribution >= 0.6 is 12.4 Å². The van der Waals surface area contributed by atoms with E-state index in [2.05, 4.69) is 10.6 Å². The first kappa shape index (κ1) is 24.7. The van der Waals surface area contributed by atoms with Gasteiger partial charge in [0.1, 0.15) is 5.75 Å². The third-order valence-corrected chi connectivity index (χ3v) is 5.40. The first-order chi connectivity index (χ1) is 14.5. The van der Waals surface area contributed by atoms with Crippen molar-refractivity contribution in [2.24, 2.45) is 11.8 Å². The van der Waals surface area contributed by atoms with Gasteiger partial charge in [-0.2, -0.15) is 0 Å². The Kier molecular flexibility index (Phi) is 9.37. The summed E-state index contributed by atoms with van der Waals surface area (Å²) in [5.74, 6) is 0.133. The van der Waals surface area contributed by atoms with Crippen molar-refractivity contribution in [1.82, 2.24) is 10.2 Å². The molecule has 170 valence electrons. The summed E-state index contributed by atoms with van der Waals surface area (Å²) >= 11 is 0. The maximum Gasteiger partial charge on any atom is 0.233 e. The predicted molar refractivity (Wildman–Crippen MR) is 122 cm³/mol. The molecule has 3 rings (SSSR count). The Labute approximate surface area is 190 Å². The van der Waals surface area contributed by atoms with Crippen LogP contribution in [0.25, 0.3) is 0 Å². The molecule has 2 unspecified atom stereocenters. The number of halogens is 1. The van der Waals surface area contributed by atoms with Crippen molar-refractivity contribution in [2.75, 3.05) is 25.0 Å². The van der Waals surface area contributed by atoms with Crippen LogP contribution in [0.3, 0.4) is 0 Å². The molecule has 8 heteroatoms. The van der Waals surface area contributed by atoms with Crippen molar-refractivity contribution >= 4 is 35.8 Å². The molecule has 1 fully saturated rings. The first-order valence-electron chi connectivity index (χ1n) is 10.7. The highest BCUT2D eigenvalue weighted by Crippen LogP contribution is 2.35. The lowest BCUT2D eigenvalue weighted by molar-refractivity contribution is -0.140. The average molecular weight is 450 g/mol. The SMILES string of the molecule is CC(C)Oc1ccccc1NCCNC(=O)CCCN1C(=O)C2CC=CCC2C1=O.Cl. The molecule has 1 aromatic rings. The van der Waals surface area contributed by atoms with Crippen LogP contribution in [-0.4, -0.2) is 48.4 Å². The van der Waals surface area contributed by atoms with E-state index >= 15 is 0 Å². The van der Waals surface area contributed by atoms with Crippen LogP contribution in [0.15, 0.2) is 36.4 Å². The minimum atomic E-state index is -0.204. The number of carbonyl (C=O) groups is 3. The summed E-state index contributed by atoms with van der Waals surface area (Å²) < 4.78 is 5.76. The van der Waals surface area contributed by atoms with Gasteiger partial charge in [0.05, 0.1) is 23.6 Å². The van der Waals surface area contributed by atoms with Crippen molar-refractivity contribution in [1.29, 1.82) is 0 Å². The van der Waals surface area contributed by atoms with Gasteiger partial charge in [0.25, 0.3) is 0 Å². The molecule has 7 nitrogen and oxygen atoms in total. The summed E-state index contributed by atoms with van der Waals surface area (Å²) in [4.78, 5) is 38.3. The van der Waals surface area contributed by atoms with Crippen molar-refractivity contribution in [3.63, 3.8) is 0 Å². The number of nitrogens with zero attached hydrogens (tertiary/aromatic N) is 1. The van der Waals surface area contributed by atoms with E-state index < -0.39 is 0 Å². The summed E-state index contributed by atoms with van der Waals surface area (Å²) in [7, 11) is 0. The van der Waals surface area contributed by atoms with Gasteiger partial charge in [-0.25, -0.2) is 0 Å². The van der Waals surface area contributed by atoms with Gasteiger partial charge >= 0.3 is 0 Å². The molecule has 1 heterocycles. The lowest BCUT2D eigenvalue weighted by atomic mass is 9.85. The quantitative estimate of drug-likeness (QED) is 0.325. The molecule has 0 aromatic heterocycles. The summed E-state index contributed by atoms with van der Waals surface area (Å²) in [5.41, 5.74) is 0.891. The van der Waals surface area contributed by atoms with E-state index in [9.17, 15) is 14.4 Å². The maximum absolute atomic E-state index is 12.4. The highest BCUT2D eigenvalue weighted by Gasteiger charge is 2.46. The van der Waals surface area contributed by atoms with Gasteiger partial charge in [0.2, 0.25) is 17.7 Å². The summed E-state index contributed by atoms with van der Waals surface area (Å²) in [6.45, 7) is 5.32. The second-order valence-corrected chi connectivity index (χ2v) is 8.03. The van der Waals surface area contributed by atoms with Crippen molar-refractivity contribution in [3.05, 3.63) is 36.4 Å². The van der Waals surface area contributed by atoms with Crippen molar-refractivity contribution in [2.45, 2.75) is 45.6 Å². The second-order valence-electron chi connectivity index (χ2n) is 8.03. The number of hydrogen-bond donors (Lipinski definition) is 2. The molecular formula is C23H32ClN3O4. The molecule has 1 aromatic carbocycles. The number of anilines is 1. The maximum atomic E-state index is 12.4. The Morgan fingerprint density at radius 1 is 1.10 bits per heavy atom. The monoisotopic (exact) mass is 449 g/mol. The predicted octanol–water partition coefficient (Wildman–Crippen LogP) is 3.16. The Morgan fingerprint density at radius 3 is 2.39 bits per heavy atom. The van der Waals surface area contributed by atoms with E-state index in [1.807, 2.05) is 50.3 Å². The number of allylic oxidation sites excluding steroid dienone is 2. The first-order valence-corrected chi connectivity index (χ1v) is 10.7. The van der Waals surface area contributed by atoms with Gasteiger partial charge in [0.15, 0.2) is 0 Å². The second kappa shape index (κ2) is 11.7. The zero-order chi connectivity index (χ0) is 21.5. The molecule has 2 N–H and O–H groups in total. The van der Waals surface area contributed by atoms with Crippen molar-refractivity contribution in [3.8, 4) is 5.75 Å². The molecule has 1 aliphatic heterocycles. The lowest BCUT2D eigenvalue weighted by Crippen LogP contribution is -2.33. The highest BCUT2D eigenvalue weighted by atomic mass is 35.5. The van der Waals surface area contributed by atoms with Crippen molar-refractivity contribution < 1.29 is 19.1 Å². The number of hydrogen-bond acceptors (Lipinski definition) is 5. The van der Waals surface area contributed by atoms with Crippen LogP contribution in [0.5, 0.6) is 5.75 Å². The molecule has 2 aliphatic rings. The molecule has 3 amide bonds. The fourth-order valence-electron chi connectivity index (χ4n) is 3.94. The van der Waals surface area contributed by atoms with Gasteiger partial charge in [-0.3, -0.25) is 19.3 Å². The number of fused-ring (bicyclic) bond motifs is 1. The third kappa shape index (κ3) is 6.47. The van der Waals surface area contributed by atoms with E-state index in [0.717, 1.165) is 11.4 Å². The van der Waals surface area contributed by atoms with Crippen LogP contribution < -0.4 is 15.4 Å². The lowest BCUT2D eigenvalue weighted by Gasteiger charge is -2.16. The Bertz CT molecular complexity index is 786. The van der Waals surface area contributed by atoms with Crippen LogP contribution in [0.2, 0.25) is 0 Å². The van der Waals surface area contributed by atoms with Gasteiger partial charge in [-0.05, 0) is 45.2 Å². The molecule has 0 radical (unpaired) electrons. The number of ether oxygens (including phenoxy) is 1. The number of nitrogens with one attached hydrogen (secondary N) is 2. The summed E-state index contributed by atoms with van der Waals surface area (Å²) in [6.07, 6.45) is 6.10. The minimum Gasteiger partial charge on any atom is -0.489 e. The fourth-order valence-corrected chi connectivity index (χ4v) is 3.94. The Balaban J connectivity index is 0.00000341. The number of rotatable bonds is 10. The highest BCUT2D eigenvalue weighted by molar-refractivity contribution is 6.05. The molecule has 0 saturated carbocycles. The number of likely N-dealkylation sites (tertiary alicyclic amines) is 1. The van der Waals surface area contributed by atoms with Gasteiger partial charge in [-0.1, -0.05) is 24.3 Å². The molecular weight excluding hydrogens is 418 g/mol. The third-order valence-electron chi connectivity index (χ3n) is 5.40. The normalized spacial score (nSPS) is 19.8. The largest absolute Gasteiger partial charge is 0.489 e. The molecule has 2 atom stereocenters. The van der Waals surface area contributed by atoms with Crippen LogP contribution in [0, 0.1) is 11.8 Å². The summed E-state index contributed by atoms with van der Waals surface area (Å²) in [6, 6.07) is 7.71. The number of benzene rings is 1. The molecule has 1 aliphatic carbocycles. The van der Waals surface area contributed by atoms with Gasteiger partial charge < -0.3 is 15.4 Å². The van der Waals surface area contributed by atoms with E-state index in [0.29, 0.717) is 38.9 Å². The zero-order valence-corrected chi connectivity index (χ0v) is 19.0. The van der Waals surface area contributed by atoms with Crippen LogP contribution in [0.1, 0.15) is 39.5 Å². The van der Waals surface area contributed by atoms with Gasteiger partial charge in [-0.15, -0.1) is 12.4 Å². The number of carbonyl (C=O) groups excluding carboxylic acids is 3. The molecule has 1 saturated heterocycles.